The van der Waals surface area contributed by atoms with Crippen LogP contribution in [-0.4, -0.2) is 26.8 Å². The number of methoxy groups -OCH3 is 1. The van der Waals surface area contributed by atoms with E-state index in [1.165, 1.54) is 0 Å². The Morgan fingerprint density at radius 2 is 2.00 bits per heavy atom. The number of para-hydroxylation sites is 2. The molecule has 0 aliphatic carbocycles. The monoisotopic (exact) mass is 234 g/mol. The van der Waals surface area contributed by atoms with Gasteiger partial charge >= 0.3 is 0 Å². The Hall–Kier alpha value is -1.73. The molecule has 0 aliphatic rings. The second-order valence-corrected chi connectivity index (χ2v) is 3.51. The highest BCUT2D eigenvalue weighted by atomic mass is 16.5. The normalized spacial score (nSPS) is 9.65. The van der Waals surface area contributed by atoms with Crippen molar-refractivity contribution in [1.82, 2.24) is 5.32 Å². The maximum absolute atomic E-state index is 8.36. The van der Waals surface area contributed by atoms with E-state index >= 15 is 0 Å². The number of ether oxygens (including phenoxy) is 2. The molecule has 92 valence electrons. The molecule has 0 spiro atoms. The summed E-state index contributed by atoms with van der Waals surface area (Å²) in [5, 5.41) is 11.6. The molecule has 0 aromatic heterocycles. The van der Waals surface area contributed by atoms with Crippen LogP contribution in [0.2, 0.25) is 0 Å². The van der Waals surface area contributed by atoms with E-state index in [0.29, 0.717) is 13.0 Å². The summed E-state index contributed by atoms with van der Waals surface area (Å²) < 4.78 is 10.8. The minimum Gasteiger partial charge on any atom is -0.493 e. The molecule has 1 aromatic rings. The first-order valence-corrected chi connectivity index (χ1v) is 5.72. The summed E-state index contributed by atoms with van der Waals surface area (Å²) in [5.74, 6) is 1.51. The zero-order valence-electron chi connectivity index (χ0n) is 10.1. The van der Waals surface area contributed by atoms with Crippen LogP contribution in [0.1, 0.15) is 12.8 Å². The summed E-state index contributed by atoms with van der Waals surface area (Å²) in [6.45, 7) is 2.21. The number of hydrogen-bond donors (Lipinski definition) is 1. The molecule has 0 aliphatic heterocycles. The summed E-state index contributed by atoms with van der Waals surface area (Å²) in [7, 11) is 1.63. The van der Waals surface area contributed by atoms with E-state index < -0.39 is 0 Å². The highest BCUT2D eigenvalue weighted by Crippen LogP contribution is 2.25. The van der Waals surface area contributed by atoms with E-state index in [1.807, 2.05) is 24.3 Å². The van der Waals surface area contributed by atoms with Crippen molar-refractivity contribution in [1.29, 1.82) is 5.26 Å². The van der Waals surface area contributed by atoms with Gasteiger partial charge in [0.15, 0.2) is 11.5 Å². The number of nitriles is 1. The lowest BCUT2D eigenvalue weighted by molar-refractivity contribution is 0.292. The molecule has 0 fully saturated rings. The Morgan fingerprint density at radius 1 is 1.24 bits per heavy atom. The van der Waals surface area contributed by atoms with E-state index in [9.17, 15) is 0 Å². The first-order chi connectivity index (χ1) is 8.38. The van der Waals surface area contributed by atoms with Crippen molar-refractivity contribution in [3.63, 3.8) is 0 Å². The standard InChI is InChI=1S/C13H18N2O2/c1-16-12-6-2-3-7-13(12)17-11-10-15-9-5-4-8-14/h2-3,6-7,15H,4-5,9-11H2,1H3. The Morgan fingerprint density at radius 3 is 2.71 bits per heavy atom. The number of nitrogens with zero attached hydrogens (tertiary/aromatic N) is 1. The lowest BCUT2D eigenvalue weighted by Crippen LogP contribution is -2.22. The van der Waals surface area contributed by atoms with Gasteiger partial charge in [0.25, 0.3) is 0 Å². The van der Waals surface area contributed by atoms with E-state index in [4.69, 9.17) is 14.7 Å². The van der Waals surface area contributed by atoms with Crippen LogP contribution in [0.3, 0.4) is 0 Å². The maximum Gasteiger partial charge on any atom is 0.161 e. The van der Waals surface area contributed by atoms with E-state index in [2.05, 4.69) is 11.4 Å². The van der Waals surface area contributed by atoms with Crippen LogP contribution in [0.5, 0.6) is 11.5 Å². The predicted molar refractivity (Wildman–Crippen MR) is 66.2 cm³/mol. The molecule has 0 saturated heterocycles. The molecule has 0 saturated carbocycles. The third-order valence-electron chi connectivity index (χ3n) is 2.25. The lowest BCUT2D eigenvalue weighted by atomic mass is 10.3. The molecule has 1 N–H and O–H groups in total. The average molecular weight is 234 g/mol. The molecule has 0 unspecified atom stereocenters. The molecule has 4 heteroatoms. The van der Waals surface area contributed by atoms with Crippen LogP contribution in [-0.2, 0) is 0 Å². The van der Waals surface area contributed by atoms with Gasteiger partial charge in [0, 0.05) is 13.0 Å². The fraction of sp³-hybridized carbons (Fsp3) is 0.462. The van der Waals surface area contributed by atoms with Gasteiger partial charge in [-0.1, -0.05) is 12.1 Å². The molecule has 4 nitrogen and oxygen atoms in total. The van der Waals surface area contributed by atoms with E-state index in [1.54, 1.807) is 7.11 Å². The minimum atomic E-state index is 0.590. The van der Waals surface area contributed by atoms with Gasteiger partial charge < -0.3 is 14.8 Å². The summed E-state index contributed by atoms with van der Waals surface area (Å²) in [6.07, 6.45) is 1.48. The van der Waals surface area contributed by atoms with Gasteiger partial charge in [-0.3, -0.25) is 0 Å². The Balaban J connectivity index is 2.16. The van der Waals surface area contributed by atoms with Crippen LogP contribution >= 0.6 is 0 Å². The molecule has 0 atom stereocenters. The van der Waals surface area contributed by atoms with Crippen molar-refractivity contribution in [2.75, 3.05) is 26.8 Å². The third-order valence-corrected chi connectivity index (χ3v) is 2.25. The largest absolute Gasteiger partial charge is 0.493 e. The van der Waals surface area contributed by atoms with Crippen molar-refractivity contribution in [2.45, 2.75) is 12.8 Å². The van der Waals surface area contributed by atoms with Crippen LogP contribution in [0.15, 0.2) is 24.3 Å². The lowest BCUT2D eigenvalue weighted by Gasteiger charge is -2.10. The number of unbranched alkanes of at least 4 members (excludes halogenated alkanes) is 1. The SMILES string of the molecule is COc1ccccc1OCCNCCCC#N. The van der Waals surface area contributed by atoms with Gasteiger partial charge in [-0.2, -0.15) is 5.26 Å². The Kier molecular flexibility index (Phi) is 6.61. The summed E-state index contributed by atoms with van der Waals surface area (Å²) in [4.78, 5) is 0. The highest BCUT2D eigenvalue weighted by molar-refractivity contribution is 5.39. The van der Waals surface area contributed by atoms with Gasteiger partial charge in [-0.05, 0) is 25.1 Å². The number of benzene rings is 1. The molecule has 0 heterocycles. The maximum atomic E-state index is 8.36. The molecule has 0 bridgehead atoms. The van der Waals surface area contributed by atoms with Gasteiger partial charge in [-0.15, -0.1) is 0 Å². The number of rotatable bonds is 8. The van der Waals surface area contributed by atoms with Gasteiger partial charge in [0.1, 0.15) is 6.61 Å². The quantitative estimate of drug-likeness (QED) is 0.699. The second kappa shape index (κ2) is 8.43. The summed E-state index contributed by atoms with van der Waals surface area (Å²) in [6, 6.07) is 9.69. The fourth-order valence-electron chi connectivity index (χ4n) is 1.39. The van der Waals surface area contributed by atoms with Crippen LogP contribution < -0.4 is 14.8 Å². The van der Waals surface area contributed by atoms with Gasteiger partial charge in [-0.25, -0.2) is 0 Å². The zero-order valence-corrected chi connectivity index (χ0v) is 10.1. The third kappa shape index (κ3) is 5.23. The van der Waals surface area contributed by atoms with Crippen LogP contribution in [0.25, 0.3) is 0 Å². The van der Waals surface area contributed by atoms with Gasteiger partial charge in [0.05, 0.1) is 13.2 Å². The van der Waals surface area contributed by atoms with Crippen molar-refractivity contribution in [3.05, 3.63) is 24.3 Å². The first-order valence-electron chi connectivity index (χ1n) is 5.72. The van der Waals surface area contributed by atoms with Crippen molar-refractivity contribution in [2.24, 2.45) is 0 Å². The number of hydrogen-bond acceptors (Lipinski definition) is 4. The fourth-order valence-corrected chi connectivity index (χ4v) is 1.39. The Labute approximate surface area is 102 Å². The average Bonchev–Trinajstić information content (AvgIpc) is 2.38. The molecule has 1 aromatic carbocycles. The van der Waals surface area contributed by atoms with Crippen molar-refractivity contribution in [3.8, 4) is 17.6 Å². The van der Waals surface area contributed by atoms with Crippen molar-refractivity contribution < 1.29 is 9.47 Å². The Bertz CT molecular complexity index is 361. The molecule has 1 rings (SSSR count). The molecule has 17 heavy (non-hydrogen) atoms. The van der Waals surface area contributed by atoms with E-state index in [-0.39, 0.29) is 0 Å². The minimum absolute atomic E-state index is 0.590. The summed E-state index contributed by atoms with van der Waals surface area (Å²) >= 11 is 0. The molecular weight excluding hydrogens is 216 g/mol. The first kappa shape index (κ1) is 13.3. The van der Waals surface area contributed by atoms with E-state index in [0.717, 1.165) is 31.0 Å². The smallest absolute Gasteiger partial charge is 0.161 e. The molecule has 0 radical (unpaired) electrons. The van der Waals surface area contributed by atoms with Gasteiger partial charge in [0.2, 0.25) is 0 Å². The number of nitrogens with one attached hydrogen (secondary N) is 1. The second-order valence-electron chi connectivity index (χ2n) is 3.51. The summed E-state index contributed by atoms with van der Waals surface area (Å²) in [5.41, 5.74) is 0. The molecule has 0 amide bonds. The van der Waals surface area contributed by atoms with Crippen molar-refractivity contribution >= 4 is 0 Å². The highest BCUT2D eigenvalue weighted by Gasteiger charge is 2.01. The zero-order chi connectivity index (χ0) is 12.3. The topological polar surface area (TPSA) is 54.3 Å². The van der Waals surface area contributed by atoms with Crippen LogP contribution in [0, 0.1) is 11.3 Å². The molecular formula is C13H18N2O2. The van der Waals surface area contributed by atoms with Crippen LogP contribution in [0.4, 0.5) is 0 Å². The predicted octanol–water partition coefficient (Wildman–Crippen LogP) is 1.97.